The number of esters is 1. The highest BCUT2D eigenvalue weighted by atomic mass is 16.6. The molecule has 7 rings (SSSR count). The lowest BCUT2D eigenvalue weighted by molar-refractivity contribution is -0.151. The topological polar surface area (TPSA) is 96.4 Å². The fraction of sp³-hybridized carbons (Fsp3) is 0.793. The molecule has 7 aliphatic rings. The van der Waals surface area contributed by atoms with E-state index in [4.69, 9.17) is 9.47 Å². The van der Waals surface area contributed by atoms with E-state index in [0.29, 0.717) is 41.6 Å². The fourth-order valence-corrected chi connectivity index (χ4v) is 10.7. The van der Waals surface area contributed by atoms with E-state index in [9.17, 15) is 19.8 Å². The molecule has 0 aromatic heterocycles. The summed E-state index contributed by atoms with van der Waals surface area (Å²) in [7, 11) is 0. The Labute approximate surface area is 207 Å². The molecule has 35 heavy (non-hydrogen) atoms. The molecular weight excluding hydrogens is 444 g/mol. The summed E-state index contributed by atoms with van der Waals surface area (Å²) in [5.41, 5.74) is 0.370. The third-order valence-electron chi connectivity index (χ3n) is 12.2. The number of ketones is 1. The van der Waals surface area contributed by atoms with Crippen LogP contribution in [0.1, 0.15) is 65.7 Å². The van der Waals surface area contributed by atoms with E-state index in [1.807, 2.05) is 6.92 Å². The molecule has 0 aromatic carbocycles. The Balaban J connectivity index is 1.20. The Morgan fingerprint density at radius 2 is 2.00 bits per heavy atom. The van der Waals surface area contributed by atoms with Gasteiger partial charge >= 0.3 is 5.97 Å². The minimum atomic E-state index is -0.664. The van der Waals surface area contributed by atoms with Crippen molar-refractivity contribution in [3.05, 3.63) is 23.3 Å². The van der Waals surface area contributed by atoms with Crippen molar-refractivity contribution in [1.29, 1.82) is 0 Å². The molecule has 2 N–H and O–H groups in total. The van der Waals surface area contributed by atoms with Crippen LogP contribution in [0.3, 0.4) is 0 Å². The molecule has 6 unspecified atom stereocenters. The molecule has 0 amide bonds. The van der Waals surface area contributed by atoms with Gasteiger partial charge in [-0.15, -0.1) is 0 Å². The summed E-state index contributed by atoms with van der Waals surface area (Å²) in [5.74, 6) is 2.21. The molecule has 5 aliphatic carbocycles. The van der Waals surface area contributed by atoms with Crippen molar-refractivity contribution in [2.45, 2.75) is 89.6 Å². The van der Waals surface area contributed by atoms with Crippen LogP contribution in [0.4, 0.5) is 0 Å². The summed E-state index contributed by atoms with van der Waals surface area (Å²) in [6, 6.07) is 0. The van der Waals surface area contributed by atoms with Crippen molar-refractivity contribution in [3.63, 3.8) is 0 Å². The summed E-state index contributed by atoms with van der Waals surface area (Å²) in [4.78, 5) is 26.0. The maximum absolute atomic E-state index is 13.5. The van der Waals surface area contributed by atoms with Gasteiger partial charge in [-0.25, -0.2) is 4.79 Å². The highest BCUT2D eigenvalue weighted by Gasteiger charge is 2.91. The van der Waals surface area contributed by atoms with Gasteiger partial charge in [0, 0.05) is 6.42 Å². The normalized spacial score (nSPS) is 54.5. The predicted octanol–water partition coefficient (Wildman–Crippen LogP) is 3.35. The van der Waals surface area contributed by atoms with Gasteiger partial charge < -0.3 is 19.7 Å². The van der Waals surface area contributed by atoms with Gasteiger partial charge in [-0.05, 0) is 92.1 Å². The van der Waals surface area contributed by atoms with Gasteiger partial charge in [0.2, 0.25) is 0 Å². The molecule has 0 aromatic rings. The van der Waals surface area contributed by atoms with Crippen LogP contribution >= 0.6 is 0 Å². The largest absolute Gasteiger partial charge is 0.458 e. The van der Waals surface area contributed by atoms with Gasteiger partial charge in [0.05, 0.1) is 23.7 Å². The van der Waals surface area contributed by atoms with Crippen LogP contribution in [0, 0.1) is 46.3 Å². The van der Waals surface area contributed by atoms with Crippen LogP contribution in [0.15, 0.2) is 23.3 Å². The minimum Gasteiger partial charge on any atom is -0.458 e. The number of aliphatic hydroxyl groups is 2. The van der Waals surface area contributed by atoms with E-state index < -0.39 is 17.1 Å². The molecule has 2 aliphatic heterocycles. The van der Waals surface area contributed by atoms with Crippen molar-refractivity contribution < 1.29 is 29.3 Å². The molecule has 2 heterocycles. The molecule has 1 saturated heterocycles. The first-order valence-corrected chi connectivity index (χ1v) is 13.8. The van der Waals surface area contributed by atoms with E-state index in [1.54, 1.807) is 12.2 Å². The molecule has 2 spiro atoms. The quantitative estimate of drug-likeness (QED) is 0.473. The number of ether oxygens (including phenoxy) is 2. The van der Waals surface area contributed by atoms with Crippen LogP contribution in [-0.2, 0) is 19.1 Å². The summed E-state index contributed by atoms with van der Waals surface area (Å²) in [5, 5.41) is 20.5. The van der Waals surface area contributed by atoms with Crippen molar-refractivity contribution >= 4 is 11.8 Å². The molecular formula is C29H38O6. The van der Waals surface area contributed by atoms with Crippen LogP contribution in [-0.4, -0.2) is 52.5 Å². The molecule has 190 valence electrons. The van der Waals surface area contributed by atoms with Crippen molar-refractivity contribution in [1.82, 2.24) is 0 Å². The van der Waals surface area contributed by atoms with Crippen molar-refractivity contribution in [3.8, 4) is 0 Å². The zero-order chi connectivity index (χ0) is 24.5. The third kappa shape index (κ3) is 2.52. The van der Waals surface area contributed by atoms with Crippen molar-refractivity contribution in [2.24, 2.45) is 46.3 Å². The molecule has 5 fully saturated rings. The van der Waals surface area contributed by atoms with E-state index in [1.165, 1.54) is 0 Å². The second-order valence-corrected chi connectivity index (χ2v) is 13.1. The van der Waals surface area contributed by atoms with Crippen molar-refractivity contribution in [2.75, 3.05) is 6.61 Å². The second-order valence-electron chi connectivity index (χ2n) is 13.1. The zero-order valence-electron chi connectivity index (χ0n) is 21.0. The summed E-state index contributed by atoms with van der Waals surface area (Å²) >= 11 is 0. The van der Waals surface area contributed by atoms with E-state index in [-0.39, 0.29) is 41.9 Å². The number of hydrogen-bond acceptors (Lipinski definition) is 6. The Morgan fingerprint density at radius 3 is 2.74 bits per heavy atom. The first-order valence-electron chi connectivity index (χ1n) is 13.8. The Bertz CT molecular complexity index is 1060. The fourth-order valence-electron chi connectivity index (χ4n) is 10.7. The van der Waals surface area contributed by atoms with Gasteiger partial charge in [0.25, 0.3) is 0 Å². The Morgan fingerprint density at radius 1 is 1.20 bits per heavy atom. The highest BCUT2D eigenvalue weighted by molar-refractivity contribution is 6.01. The number of allylic oxidation sites excluding steroid dienone is 1. The average molecular weight is 483 g/mol. The molecule has 12 atom stereocenters. The van der Waals surface area contributed by atoms with E-state index in [0.717, 1.165) is 44.1 Å². The first kappa shape index (κ1) is 22.7. The molecule has 0 bridgehead atoms. The molecule has 6 heteroatoms. The number of rotatable bonds is 3. The lowest BCUT2D eigenvalue weighted by Crippen LogP contribution is -2.52. The van der Waals surface area contributed by atoms with Gasteiger partial charge in [0.1, 0.15) is 17.8 Å². The summed E-state index contributed by atoms with van der Waals surface area (Å²) < 4.78 is 12.2. The maximum atomic E-state index is 13.5. The first-order chi connectivity index (χ1) is 16.7. The number of carbonyl (C=O) groups excluding carboxylic acids is 2. The number of epoxide rings is 1. The Kier molecular flexibility index (Phi) is 4.59. The SMILES string of the molecule is CC1=C(CO)C(=O)OC([C@@H](C)C2CCC3C4C[C@H]5O[C@]56[C@H](O)C=CC(=O)[C@@]65C(CCC[C@@]32C)C45)C1. The second kappa shape index (κ2) is 7.08. The molecule has 6 nitrogen and oxygen atoms in total. The number of cyclic esters (lactones) is 1. The smallest absolute Gasteiger partial charge is 0.336 e. The number of hydrogen-bond donors (Lipinski definition) is 2. The number of fused-ring (bicyclic) bond motifs is 2. The van der Waals surface area contributed by atoms with Crippen LogP contribution in [0.2, 0.25) is 0 Å². The Hall–Kier alpha value is -1.50. The average Bonchev–Trinajstić information content (AvgIpc) is 3.67. The number of aliphatic hydroxyl groups excluding tert-OH is 2. The van der Waals surface area contributed by atoms with Gasteiger partial charge in [-0.1, -0.05) is 25.8 Å². The van der Waals surface area contributed by atoms with Crippen LogP contribution < -0.4 is 0 Å². The highest BCUT2D eigenvalue weighted by Crippen LogP contribution is 2.84. The minimum absolute atomic E-state index is 0.000428. The molecule has 0 radical (unpaired) electrons. The van der Waals surface area contributed by atoms with E-state index >= 15 is 0 Å². The zero-order valence-corrected chi connectivity index (χ0v) is 21.0. The number of carbonyl (C=O) groups is 2. The van der Waals surface area contributed by atoms with Gasteiger partial charge in [-0.3, -0.25) is 4.79 Å². The predicted molar refractivity (Wildman–Crippen MR) is 127 cm³/mol. The summed E-state index contributed by atoms with van der Waals surface area (Å²) in [6.07, 6.45) is 9.72. The van der Waals surface area contributed by atoms with Gasteiger partial charge in [-0.2, -0.15) is 0 Å². The molecule has 4 saturated carbocycles. The standard InChI is InChI=1S/C29H38O6/c1-14-11-21(34-26(33)17(14)13-30)15(2)18-6-7-19-16-12-24-29(35-24)23(32)9-8-22(31)28(29)20(25(16)28)5-4-10-27(18,19)3/h8-9,15-16,18-21,23-25,30,32H,4-7,10-13H2,1-3H3/t15-,16?,18?,19?,20?,21?,23+,24+,25?,27+,28+,29+/m0/s1. The monoisotopic (exact) mass is 482 g/mol. The lowest BCUT2D eigenvalue weighted by Gasteiger charge is -2.47. The van der Waals surface area contributed by atoms with Gasteiger partial charge in [0.15, 0.2) is 5.78 Å². The van der Waals surface area contributed by atoms with Crippen LogP contribution in [0.25, 0.3) is 0 Å². The van der Waals surface area contributed by atoms with E-state index in [2.05, 4.69) is 13.8 Å². The summed E-state index contributed by atoms with van der Waals surface area (Å²) in [6.45, 7) is 6.42. The van der Waals surface area contributed by atoms with Crippen LogP contribution in [0.5, 0.6) is 0 Å². The maximum Gasteiger partial charge on any atom is 0.336 e. The third-order valence-corrected chi connectivity index (χ3v) is 12.2. The lowest BCUT2D eigenvalue weighted by atomic mass is 9.57.